The Labute approximate surface area is 215 Å². The van der Waals surface area contributed by atoms with E-state index in [9.17, 15) is 19.5 Å². The van der Waals surface area contributed by atoms with Crippen molar-refractivity contribution in [3.63, 3.8) is 0 Å². The predicted molar refractivity (Wildman–Crippen MR) is 132 cm³/mol. The van der Waals surface area contributed by atoms with Gasteiger partial charge >= 0.3 is 18.3 Å². The van der Waals surface area contributed by atoms with Crippen LogP contribution in [-0.4, -0.2) is 56.7 Å². The molecule has 0 spiro atoms. The largest absolute Gasteiger partial charge is 0.462 e. The highest BCUT2D eigenvalue weighted by Crippen LogP contribution is 2.48. The summed E-state index contributed by atoms with van der Waals surface area (Å²) in [6.07, 6.45) is -4.50. The van der Waals surface area contributed by atoms with E-state index in [2.05, 4.69) is 5.09 Å². The predicted octanol–water partition coefficient (Wildman–Crippen LogP) is 1.95. The first kappa shape index (κ1) is 28.5. The summed E-state index contributed by atoms with van der Waals surface area (Å²) < 4.78 is 38.3. The number of nitrogens with zero attached hydrogens (tertiary/aromatic N) is 1. The molecule has 3 rings (SSSR count). The van der Waals surface area contributed by atoms with E-state index in [1.54, 1.807) is 44.2 Å². The monoisotopic (exact) mass is 565 g/mol. The average Bonchev–Trinajstić information content (AvgIpc) is 3.01. The summed E-state index contributed by atoms with van der Waals surface area (Å²) in [5.41, 5.74) is -1.69. The first-order valence-electron chi connectivity index (χ1n) is 10.8. The summed E-state index contributed by atoms with van der Waals surface area (Å²) in [5, 5.41) is 10.4. The number of carbonyl (C=O) groups is 1. The number of aliphatic hydroxyl groups is 1. The van der Waals surface area contributed by atoms with Gasteiger partial charge in [-0.25, -0.2) is 14.3 Å². The van der Waals surface area contributed by atoms with Crippen LogP contribution >= 0.6 is 18.2 Å². The highest BCUT2D eigenvalue weighted by molar-refractivity contribution is 8.09. The molecule has 0 saturated carbocycles. The Hall–Kier alpha value is -2.12. The number of rotatable bonds is 10. The molecule has 2 aromatic rings. The molecule has 0 aliphatic carbocycles. The van der Waals surface area contributed by atoms with Gasteiger partial charge in [0.15, 0.2) is 6.23 Å². The highest BCUT2D eigenvalue weighted by Gasteiger charge is 2.58. The zero-order valence-electron chi connectivity index (χ0n) is 19.5. The molecule has 15 heteroatoms. The van der Waals surface area contributed by atoms with E-state index in [1.165, 1.54) is 6.92 Å². The van der Waals surface area contributed by atoms with Crippen LogP contribution < -0.4 is 20.9 Å². The average molecular weight is 566 g/mol. The van der Waals surface area contributed by atoms with Crippen molar-refractivity contribution in [2.75, 3.05) is 6.61 Å². The number of para-hydroxylation sites is 1. The normalized spacial score (nSPS) is 26.4. The molecular formula is C21H26ClFN3O8PS. The second-order valence-electron chi connectivity index (χ2n) is 8.20. The van der Waals surface area contributed by atoms with Gasteiger partial charge in [0, 0.05) is 12.3 Å². The van der Waals surface area contributed by atoms with Crippen molar-refractivity contribution < 1.29 is 32.8 Å². The minimum Gasteiger partial charge on any atom is -0.462 e. The minimum atomic E-state index is -3.51. The number of H-pyrrole nitrogens is 1. The number of nitrogens with one attached hydrogen (secondary N) is 2. The molecule has 11 nitrogen and oxygen atoms in total. The Kier molecular flexibility index (Phi) is 9.10. The van der Waals surface area contributed by atoms with E-state index in [0.29, 0.717) is 10.3 Å². The first-order valence-corrected chi connectivity index (χ1v) is 13.8. The van der Waals surface area contributed by atoms with Crippen LogP contribution in [-0.2, 0) is 30.6 Å². The second kappa shape index (κ2) is 11.5. The van der Waals surface area contributed by atoms with Crippen LogP contribution in [0.2, 0.25) is 0 Å². The van der Waals surface area contributed by atoms with Gasteiger partial charge in [-0.3, -0.25) is 19.1 Å². The zero-order chi connectivity index (χ0) is 26.7. The summed E-state index contributed by atoms with van der Waals surface area (Å²) >= 11 is 11.5. The fourth-order valence-electron chi connectivity index (χ4n) is 3.22. The van der Waals surface area contributed by atoms with Crippen LogP contribution in [0.3, 0.4) is 0 Å². The number of carbonyl (C=O) groups excluding carboxylic acids is 1. The number of benzene rings is 1. The number of alkyl halides is 2. The van der Waals surface area contributed by atoms with E-state index in [0.717, 1.165) is 12.3 Å². The molecule has 3 N–H and O–H groups in total. The molecule has 1 saturated heterocycles. The summed E-state index contributed by atoms with van der Waals surface area (Å²) in [4.78, 5) is 37.7. The Morgan fingerprint density at radius 3 is 2.61 bits per heavy atom. The third-order valence-electron chi connectivity index (χ3n) is 4.92. The number of ether oxygens (including phenoxy) is 2. The topological polar surface area (TPSA) is 141 Å². The Morgan fingerprint density at radius 2 is 2.00 bits per heavy atom. The molecule has 1 aliphatic heterocycles. The Balaban J connectivity index is 1.80. The van der Waals surface area contributed by atoms with Gasteiger partial charge in [-0.1, -0.05) is 29.8 Å². The van der Waals surface area contributed by atoms with Gasteiger partial charge in [-0.05, 0) is 44.7 Å². The molecule has 1 aromatic carbocycles. The third-order valence-corrected chi connectivity index (χ3v) is 7.83. The van der Waals surface area contributed by atoms with Crippen molar-refractivity contribution in [3.05, 3.63) is 63.4 Å². The second-order valence-corrected chi connectivity index (χ2v) is 11.9. The van der Waals surface area contributed by atoms with Gasteiger partial charge in [0.05, 0.1) is 12.7 Å². The van der Waals surface area contributed by atoms with E-state index in [1.807, 2.05) is 4.98 Å². The number of aromatic amines is 1. The van der Waals surface area contributed by atoms with E-state index in [-0.39, 0.29) is 6.10 Å². The highest BCUT2D eigenvalue weighted by atomic mass is 35.5. The van der Waals surface area contributed by atoms with Crippen LogP contribution in [0, 0.1) is 0 Å². The molecule has 6 atom stereocenters. The van der Waals surface area contributed by atoms with Gasteiger partial charge in [-0.2, -0.15) is 0 Å². The lowest BCUT2D eigenvalue weighted by molar-refractivity contribution is -0.149. The smallest absolute Gasteiger partial charge is 0.330 e. The van der Waals surface area contributed by atoms with Crippen LogP contribution in [0.15, 0.2) is 52.2 Å². The fraction of sp³-hybridized carbons (Fsp3) is 0.476. The molecule has 1 aliphatic rings. The molecule has 36 heavy (non-hydrogen) atoms. The van der Waals surface area contributed by atoms with E-state index >= 15 is 4.39 Å². The quantitative estimate of drug-likeness (QED) is 0.222. The number of aliphatic hydroxyl groups excluding tert-OH is 1. The van der Waals surface area contributed by atoms with Crippen molar-refractivity contribution >= 4 is 36.0 Å². The maximum Gasteiger partial charge on any atom is 0.330 e. The first-order chi connectivity index (χ1) is 16.8. The van der Waals surface area contributed by atoms with E-state index < -0.39 is 60.1 Å². The maximum atomic E-state index is 15.2. The van der Waals surface area contributed by atoms with E-state index in [4.69, 9.17) is 41.9 Å². The van der Waals surface area contributed by atoms with Crippen molar-refractivity contribution in [2.45, 2.75) is 56.5 Å². The number of hydrogen-bond donors (Lipinski definition) is 3. The minimum absolute atomic E-state index is 0.334. The van der Waals surface area contributed by atoms with Crippen LogP contribution in [0.4, 0.5) is 4.39 Å². The van der Waals surface area contributed by atoms with Crippen LogP contribution in [0.5, 0.6) is 5.75 Å². The zero-order valence-corrected chi connectivity index (χ0v) is 22.0. The molecule has 1 fully saturated rings. The Bertz CT molecular complexity index is 1230. The van der Waals surface area contributed by atoms with Crippen molar-refractivity contribution in [1.29, 1.82) is 0 Å². The molecule has 1 aromatic heterocycles. The van der Waals surface area contributed by atoms with Gasteiger partial charge in [0.25, 0.3) is 10.7 Å². The van der Waals surface area contributed by atoms with Crippen LogP contribution in [0.1, 0.15) is 27.0 Å². The lowest BCUT2D eigenvalue weighted by Gasteiger charge is -2.28. The Morgan fingerprint density at radius 1 is 1.33 bits per heavy atom. The number of halogens is 2. The summed E-state index contributed by atoms with van der Waals surface area (Å²) in [7, 11) is 0. The number of hydrogen-bond acceptors (Lipinski definition) is 9. The molecule has 0 radical (unpaired) electrons. The molecule has 0 bridgehead atoms. The fourth-order valence-corrected chi connectivity index (χ4v) is 5.94. The molecular weight excluding hydrogens is 540 g/mol. The lowest BCUT2D eigenvalue weighted by atomic mass is 10.1. The molecule has 198 valence electrons. The number of esters is 1. The van der Waals surface area contributed by atoms with Crippen LogP contribution in [0.25, 0.3) is 0 Å². The summed E-state index contributed by atoms with van der Waals surface area (Å²) in [6, 6.07) is 8.44. The molecule has 2 heterocycles. The molecule has 0 amide bonds. The third kappa shape index (κ3) is 6.80. The van der Waals surface area contributed by atoms with Gasteiger partial charge in [0.2, 0.25) is 0 Å². The van der Waals surface area contributed by atoms with Crippen molar-refractivity contribution in [2.24, 2.45) is 0 Å². The molecule has 1 unspecified atom stereocenters. The van der Waals surface area contributed by atoms with Gasteiger partial charge in [-0.15, -0.1) is 0 Å². The maximum absolute atomic E-state index is 15.2. The summed E-state index contributed by atoms with van der Waals surface area (Å²) in [5.74, 6) is -0.266. The lowest BCUT2D eigenvalue weighted by Crippen LogP contribution is -2.42. The van der Waals surface area contributed by atoms with Crippen molar-refractivity contribution in [3.8, 4) is 5.75 Å². The number of aromatic nitrogens is 2. The van der Waals surface area contributed by atoms with Crippen molar-refractivity contribution in [1.82, 2.24) is 14.6 Å². The van der Waals surface area contributed by atoms with Gasteiger partial charge in [0.1, 0.15) is 24.0 Å². The SMILES string of the molecule is CC(C)OC(=O)[C@@H](C)NP(=S)(OC[C@H]1O[C@@H](n2ccc(=O)[nH]c2=O)[C@@](F)(Cl)[C@@H]1O)Oc1ccccc1. The van der Waals surface area contributed by atoms with Gasteiger partial charge < -0.3 is 23.6 Å². The summed E-state index contributed by atoms with van der Waals surface area (Å²) in [6.45, 7) is 0.859. The standard InChI is InChI=1S/C21H26ClFN3O8PS/c1-12(2)32-18(29)13(3)25-35(36,34-14-7-5-4-6-8-14)31-11-15-17(28)21(22,23)19(33-15)26-10-9-16(27)24-20(26)30/h4-10,12-13,15,17,19,28H,11H2,1-3H3,(H,25,36)(H,24,27,30)/t13-,15-,17-,19-,21-,35?/m1/s1.